The lowest BCUT2D eigenvalue weighted by atomic mass is 10.1. The van der Waals surface area contributed by atoms with Crippen LogP contribution >= 0.6 is 11.6 Å². The van der Waals surface area contributed by atoms with E-state index in [4.69, 9.17) is 16.7 Å². The average Bonchev–Trinajstić information content (AvgIpc) is 2.36. The molecule has 0 unspecified atom stereocenters. The van der Waals surface area contributed by atoms with Crippen molar-refractivity contribution in [3.05, 3.63) is 52.2 Å². The van der Waals surface area contributed by atoms with Crippen LogP contribution in [0.15, 0.2) is 30.5 Å². The summed E-state index contributed by atoms with van der Waals surface area (Å²) in [5.41, 5.74) is 3.23. The van der Waals surface area contributed by atoms with Gasteiger partial charge in [0.15, 0.2) is 0 Å². The highest BCUT2D eigenvalue weighted by Gasteiger charge is 2.10. The third-order valence-electron chi connectivity index (χ3n) is 2.87. The number of nitrogens with one attached hydrogen (secondary N) is 1. The van der Waals surface area contributed by atoms with Gasteiger partial charge in [0.2, 0.25) is 0 Å². The summed E-state index contributed by atoms with van der Waals surface area (Å²) in [6.07, 6.45) is 1.33. The Labute approximate surface area is 116 Å². The van der Waals surface area contributed by atoms with E-state index in [0.29, 0.717) is 5.82 Å². The second-order valence-corrected chi connectivity index (χ2v) is 4.69. The molecule has 5 heteroatoms. The van der Waals surface area contributed by atoms with Crippen LogP contribution in [0.25, 0.3) is 0 Å². The lowest BCUT2D eigenvalue weighted by molar-refractivity contribution is 0.0697. The van der Waals surface area contributed by atoms with Crippen LogP contribution in [0.4, 0.5) is 11.5 Å². The van der Waals surface area contributed by atoms with Crippen molar-refractivity contribution in [2.24, 2.45) is 0 Å². The van der Waals surface area contributed by atoms with E-state index in [1.165, 1.54) is 17.8 Å². The highest BCUT2D eigenvalue weighted by molar-refractivity contribution is 6.33. The number of hydrogen-bond acceptors (Lipinski definition) is 3. The van der Waals surface area contributed by atoms with E-state index in [1.807, 2.05) is 32.0 Å². The molecule has 0 atom stereocenters. The first-order chi connectivity index (χ1) is 8.97. The predicted molar refractivity (Wildman–Crippen MR) is 75.4 cm³/mol. The van der Waals surface area contributed by atoms with Gasteiger partial charge in [-0.2, -0.15) is 0 Å². The standard InChI is InChI=1S/C14H13ClN2O2/c1-8-3-4-10(5-9(8)2)17-13-6-11(14(18)19)12(15)7-16-13/h3-7H,1-2H3,(H,16,17)(H,18,19). The van der Waals surface area contributed by atoms with Gasteiger partial charge in [0, 0.05) is 11.9 Å². The number of pyridine rings is 1. The fourth-order valence-electron chi connectivity index (χ4n) is 1.64. The molecule has 0 saturated heterocycles. The number of nitrogens with zero attached hydrogens (tertiary/aromatic N) is 1. The normalized spacial score (nSPS) is 10.3. The zero-order valence-corrected chi connectivity index (χ0v) is 11.3. The Balaban J connectivity index is 2.30. The first-order valence-electron chi connectivity index (χ1n) is 5.70. The third kappa shape index (κ3) is 3.03. The smallest absolute Gasteiger partial charge is 0.337 e. The second kappa shape index (κ2) is 5.28. The van der Waals surface area contributed by atoms with Crippen molar-refractivity contribution in [1.82, 2.24) is 4.98 Å². The Hall–Kier alpha value is -2.07. The molecule has 1 aromatic heterocycles. The molecule has 0 amide bonds. The van der Waals surface area contributed by atoms with E-state index in [2.05, 4.69) is 10.3 Å². The number of aromatic carboxylic acids is 1. The van der Waals surface area contributed by atoms with Crippen LogP contribution in [-0.2, 0) is 0 Å². The number of carbonyl (C=O) groups is 1. The van der Waals surface area contributed by atoms with Crippen molar-refractivity contribution in [3.8, 4) is 0 Å². The Kier molecular flexibility index (Phi) is 3.71. The summed E-state index contributed by atoms with van der Waals surface area (Å²) in [7, 11) is 0. The number of benzene rings is 1. The number of aromatic nitrogens is 1. The van der Waals surface area contributed by atoms with Gasteiger partial charge in [-0.3, -0.25) is 0 Å². The molecule has 0 saturated carbocycles. The minimum atomic E-state index is -1.07. The number of aryl methyl sites for hydroxylation is 2. The summed E-state index contributed by atoms with van der Waals surface area (Å²) < 4.78 is 0. The van der Waals surface area contributed by atoms with Crippen molar-refractivity contribution < 1.29 is 9.90 Å². The summed E-state index contributed by atoms with van der Waals surface area (Å²) in [5, 5.41) is 12.2. The monoisotopic (exact) mass is 276 g/mol. The highest BCUT2D eigenvalue weighted by Crippen LogP contribution is 2.22. The Morgan fingerprint density at radius 2 is 2.00 bits per heavy atom. The molecule has 0 aliphatic carbocycles. The van der Waals surface area contributed by atoms with Crippen LogP contribution in [0.2, 0.25) is 5.02 Å². The van der Waals surface area contributed by atoms with Gasteiger partial charge in [-0.05, 0) is 43.2 Å². The van der Waals surface area contributed by atoms with Crippen LogP contribution in [0.5, 0.6) is 0 Å². The highest BCUT2D eigenvalue weighted by atomic mass is 35.5. The quantitative estimate of drug-likeness (QED) is 0.895. The zero-order valence-electron chi connectivity index (χ0n) is 10.6. The molecule has 0 radical (unpaired) electrons. The molecule has 19 heavy (non-hydrogen) atoms. The molecule has 0 spiro atoms. The van der Waals surface area contributed by atoms with E-state index in [9.17, 15) is 4.79 Å². The SMILES string of the molecule is Cc1ccc(Nc2cc(C(=O)O)c(Cl)cn2)cc1C. The minimum Gasteiger partial charge on any atom is -0.478 e. The molecule has 2 N–H and O–H groups in total. The Bertz CT molecular complexity index is 641. The number of carboxylic acid groups (broad SMARTS) is 1. The third-order valence-corrected chi connectivity index (χ3v) is 3.17. The number of halogens is 1. The molecular formula is C14H13ClN2O2. The van der Waals surface area contributed by atoms with Gasteiger partial charge >= 0.3 is 5.97 Å². The van der Waals surface area contributed by atoms with Crippen LogP contribution in [0.1, 0.15) is 21.5 Å². The molecule has 98 valence electrons. The van der Waals surface area contributed by atoms with Crippen LogP contribution in [0, 0.1) is 13.8 Å². The summed E-state index contributed by atoms with van der Waals surface area (Å²) in [6.45, 7) is 4.04. The van der Waals surface area contributed by atoms with Crippen molar-refractivity contribution in [2.45, 2.75) is 13.8 Å². The molecule has 2 aromatic rings. The fraction of sp³-hybridized carbons (Fsp3) is 0.143. The Morgan fingerprint density at radius 1 is 1.26 bits per heavy atom. The molecule has 1 heterocycles. The molecule has 2 rings (SSSR count). The molecule has 0 fully saturated rings. The average molecular weight is 277 g/mol. The fourth-order valence-corrected chi connectivity index (χ4v) is 1.82. The van der Waals surface area contributed by atoms with Gasteiger partial charge in [0.1, 0.15) is 5.82 Å². The molecule has 0 bridgehead atoms. The van der Waals surface area contributed by atoms with E-state index in [0.717, 1.165) is 11.3 Å². The second-order valence-electron chi connectivity index (χ2n) is 4.28. The van der Waals surface area contributed by atoms with E-state index < -0.39 is 5.97 Å². The van der Waals surface area contributed by atoms with Crippen molar-refractivity contribution in [2.75, 3.05) is 5.32 Å². The van der Waals surface area contributed by atoms with Crippen molar-refractivity contribution in [3.63, 3.8) is 0 Å². The van der Waals surface area contributed by atoms with Gasteiger partial charge in [-0.1, -0.05) is 17.7 Å². The zero-order chi connectivity index (χ0) is 14.0. The number of carboxylic acids is 1. The molecule has 0 aliphatic rings. The largest absolute Gasteiger partial charge is 0.478 e. The van der Waals surface area contributed by atoms with Crippen LogP contribution in [0.3, 0.4) is 0 Å². The Morgan fingerprint density at radius 3 is 2.63 bits per heavy atom. The maximum atomic E-state index is 11.0. The summed E-state index contributed by atoms with van der Waals surface area (Å²) in [6, 6.07) is 7.30. The maximum absolute atomic E-state index is 11.0. The summed E-state index contributed by atoms with van der Waals surface area (Å²) in [4.78, 5) is 15.0. The predicted octanol–water partition coefficient (Wildman–Crippen LogP) is 3.79. The van der Waals surface area contributed by atoms with Crippen LogP contribution in [-0.4, -0.2) is 16.1 Å². The van der Waals surface area contributed by atoms with Crippen LogP contribution < -0.4 is 5.32 Å². The number of hydrogen-bond donors (Lipinski definition) is 2. The lowest BCUT2D eigenvalue weighted by Crippen LogP contribution is -2.01. The van der Waals surface area contributed by atoms with E-state index >= 15 is 0 Å². The molecule has 0 aliphatic heterocycles. The van der Waals surface area contributed by atoms with Crippen molar-refractivity contribution >= 4 is 29.1 Å². The number of rotatable bonds is 3. The van der Waals surface area contributed by atoms with Gasteiger partial charge in [-0.25, -0.2) is 9.78 Å². The minimum absolute atomic E-state index is 0.0306. The first-order valence-corrected chi connectivity index (χ1v) is 6.08. The maximum Gasteiger partial charge on any atom is 0.337 e. The van der Waals surface area contributed by atoms with Gasteiger partial charge < -0.3 is 10.4 Å². The topological polar surface area (TPSA) is 62.2 Å². The van der Waals surface area contributed by atoms with Crippen molar-refractivity contribution in [1.29, 1.82) is 0 Å². The van der Waals surface area contributed by atoms with E-state index in [-0.39, 0.29) is 10.6 Å². The molecule has 1 aromatic carbocycles. The number of anilines is 2. The van der Waals surface area contributed by atoms with Gasteiger partial charge in [0.05, 0.1) is 10.6 Å². The van der Waals surface area contributed by atoms with Gasteiger partial charge in [0.25, 0.3) is 0 Å². The first kappa shape index (κ1) is 13.4. The summed E-state index contributed by atoms with van der Waals surface area (Å²) >= 11 is 5.77. The molecule has 4 nitrogen and oxygen atoms in total. The molecular weight excluding hydrogens is 264 g/mol. The van der Waals surface area contributed by atoms with Gasteiger partial charge in [-0.15, -0.1) is 0 Å². The summed E-state index contributed by atoms with van der Waals surface area (Å²) in [5.74, 6) is -0.624. The van der Waals surface area contributed by atoms with E-state index in [1.54, 1.807) is 0 Å². The lowest BCUT2D eigenvalue weighted by Gasteiger charge is -2.09.